The quantitative estimate of drug-likeness (QED) is 0.475. The van der Waals surface area contributed by atoms with Crippen LogP contribution in [0, 0.1) is 0 Å². The molecule has 48 valence electrons. The Balaban J connectivity index is 2.65. The molecule has 0 saturated heterocycles. The summed E-state index contributed by atoms with van der Waals surface area (Å²) in [5.41, 5.74) is 0.788. The lowest BCUT2D eigenvalue weighted by atomic mass is 10.2. The van der Waals surface area contributed by atoms with E-state index in [9.17, 15) is 4.79 Å². The fourth-order valence-electron chi connectivity index (χ4n) is 0.793. The average Bonchev–Trinajstić information content (AvgIpc) is 1.89. The highest BCUT2D eigenvalue weighted by molar-refractivity contribution is 5.53. The Labute approximate surface area is 54.5 Å². The molecule has 9 heavy (non-hydrogen) atoms. The molecule has 1 rings (SSSR count). The van der Waals surface area contributed by atoms with E-state index in [2.05, 4.69) is 6.58 Å². The summed E-state index contributed by atoms with van der Waals surface area (Å²) in [6, 6.07) is 0. The number of hydrogen-bond acceptors (Lipinski definition) is 1. The van der Waals surface area contributed by atoms with Gasteiger partial charge in [-0.1, -0.05) is 12.7 Å². The standard InChI is InChI=1S/C7H9NO/c1-7-4-2-3-5-8(7)6-9/h2,4,6H,1,3,5H2. The Morgan fingerprint density at radius 1 is 1.78 bits per heavy atom. The monoisotopic (exact) mass is 123 g/mol. The molecule has 0 bridgehead atoms. The first-order valence-electron chi connectivity index (χ1n) is 2.92. The molecule has 1 heterocycles. The maximum Gasteiger partial charge on any atom is 0.214 e. The highest BCUT2D eigenvalue weighted by atomic mass is 16.1. The Hall–Kier alpha value is -1.05. The molecule has 1 amide bonds. The lowest BCUT2D eigenvalue weighted by Crippen LogP contribution is -2.22. The van der Waals surface area contributed by atoms with Crippen molar-refractivity contribution in [1.29, 1.82) is 0 Å². The van der Waals surface area contributed by atoms with Crippen molar-refractivity contribution in [3.63, 3.8) is 0 Å². The number of allylic oxidation sites excluding steroid dienone is 1. The first-order valence-corrected chi connectivity index (χ1v) is 2.92. The minimum Gasteiger partial charge on any atom is -0.315 e. The van der Waals surface area contributed by atoms with E-state index in [0.29, 0.717) is 0 Å². The molecule has 0 N–H and O–H groups in total. The van der Waals surface area contributed by atoms with Crippen LogP contribution in [0.3, 0.4) is 0 Å². The highest BCUT2D eigenvalue weighted by Gasteiger charge is 2.04. The first-order chi connectivity index (χ1) is 4.34. The zero-order valence-corrected chi connectivity index (χ0v) is 5.21. The van der Waals surface area contributed by atoms with Crippen LogP contribution in [0.5, 0.6) is 0 Å². The van der Waals surface area contributed by atoms with Crippen molar-refractivity contribution in [3.05, 3.63) is 24.4 Å². The third-order valence-electron chi connectivity index (χ3n) is 1.34. The van der Waals surface area contributed by atoms with Crippen LogP contribution in [-0.2, 0) is 4.79 Å². The van der Waals surface area contributed by atoms with Crippen LogP contribution in [0.4, 0.5) is 0 Å². The van der Waals surface area contributed by atoms with E-state index >= 15 is 0 Å². The summed E-state index contributed by atoms with van der Waals surface area (Å²) in [6.45, 7) is 4.45. The molecule has 0 atom stereocenters. The predicted octanol–water partition coefficient (Wildman–Crippen LogP) is 0.918. The van der Waals surface area contributed by atoms with Gasteiger partial charge in [-0.2, -0.15) is 0 Å². The topological polar surface area (TPSA) is 20.3 Å². The average molecular weight is 123 g/mol. The zero-order valence-electron chi connectivity index (χ0n) is 5.21. The molecule has 2 heteroatoms. The van der Waals surface area contributed by atoms with E-state index in [1.54, 1.807) is 4.90 Å². The maximum absolute atomic E-state index is 10.2. The van der Waals surface area contributed by atoms with E-state index in [-0.39, 0.29) is 0 Å². The second-order valence-electron chi connectivity index (χ2n) is 1.98. The molecule has 0 saturated carbocycles. The van der Waals surface area contributed by atoms with E-state index in [1.807, 2.05) is 12.2 Å². The SMILES string of the molecule is C=C1C=CCCN1C=O. The minimum atomic E-state index is 0.777. The smallest absolute Gasteiger partial charge is 0.214 e. The van der Waals surface area contributed by atoms with Gasteiger partial charge in [-0.05, 0) is 12.5 Å². The van der Waals surface area contributed by atoms with Crippen molar-refractivity contribution in [2.75, 3.05) is 6.54 Å². The van der Waals surface area contributed by atoms with Gasteiger partial charge < -0.3 is 4.90 Å². The van der Waals surface area contributed by atoms with E-state index in [4.69, 9.17) is 0 Å². The molecule has 0 aromatic heterocycles. The molecule has 0 fully saturated rings. The summed E-state index contributed by atoms with van der Waals surface area (Å²) >= 11 is 0. The Bertz CT molecular complexity index is 160. The Morgan fingerprint density at radius 3 is 3.00 bits per heavy atom. The number of rotatable bonds is 1. The first kappa shape index (κ1) is 6.08. The Morgan fingerprint density at radius 2 is 2.56 bits per heavy atom. The molecule has 0 aromatic carbocycles. The molecule has 0 aliphatic carbocycles. The van der Waals surface area contributed by atoms with Gasteiger partial charge in [0, 0.05) is 12.2 Å². The maximum atomic E-state index is 10.2. The van der Waals surface area contributed by atoms with Crippen molar-refractivity contribution in [1.82, 2.24) is 4.90 Å². The van der Waals surface area contributed by atoms with Crippen LogP contribution >= 0.6 is 0 Å². The number of nitrogens with zero attached hydrogens (tertiary/aromatic N) is 1. The van der Waals surface area contributed by atoms with Crippen molar-refractivity contribution in [3.8, 4) is 0 Å². The second-order valence-corrected chi connectivity index (χ2v) is 1.98. The molecule has 0 spiro atoms. The largest absolute Gasteiger partial charge is 0.315 e. The van der Waals surface area contributed by atoms with Crippen molar-refractivity contribution in [2.45, 2.75) is 6.42 Å². The van der Waals surface area contributed by atoms with Gasteiger partial charge in [0.25, 0.3) is 0 Å². The van der Waals surface area contributed by atoms with Gasteiger partial charge in [0.2, 0.25) is 6.41 Å². The van der Waals surface area contributed by atoms with E-state index in [1.165, 1.54) is 0 Å². The summed E-state index contributed by atoms with van der Waals surface area (Å²) in [6.07, 6.45) is 5.63. The van der Waals surface area contributed by atoms with Gasteiger partial charge in [0.1, 0.15) is 0 Å². The number of carbonyl (C=O) groups excluding carboxylic acids is 1. The van der Waals surface area contributed by atoms with Gasteiger partial charge in [0.05, 0.1) is 0 Å². The molecular formula is C7H9NO. The summed E-state index contributed by atoms with van der Waals surface area (Å²) in [5.74, 6) is 0. The summed E-state index contributed by atoms with van der Waals surface area (Å²) in [5, 5.41) is 0. The van der Waals surface area contributed by atoms with Crippen LogP contribution in [0.15, 0.2) is 24.4 Å². The number of amides is 1. The highest BCUT2D eigenvalue weighted by Crippen LogP contribution is 2.07. The van der Waals surface area contributed by atoms with Gasteiger partial charge in [0.15, 0.2) is 0 Å². The van der Waals surface area contributed by atoms with Crippen molar-refractivity contribution >= 4 is 6.41 Å². The van der Waals surface area contributed by atoms with E-state index < -0.39 is 0 Å². The third-order valence-corrected chi connectivity index (χ3v) is 1.34. The molecular weight excluding hydrogens is 114 g/mol. The molecule has 0 aromatic rings. The summed E-state index contributed by atoms with van der Waals surface area (Å²) in [4.78, 5) is 11.8. The number of carbonyl (C=O) groups is 1. The van der Waals surface area contributed by atoms with Gasteiger partial charge in [-0.3, -0.25) is 4.79 Å². The fourth-order valence-corrected chi connectivity index (χ4v) is 0.793. The van der Waals surface area contributed by atoms with E-state index in [0.717, 1.165) is 25.1 Å². The van der Waals surface area contributed by atoms with Crippen LogP contribution in [-0.4, -0.2) is 17.9 Å². The van der Waals surface area contributed by atoms with Gasteiger partial charge in [-0.25, -0.2) is 0 Å². The second kappa shape index (κ2) is 2.49. The van der Waals surface area contributed by atoms with Gasteiger partial charge in [-0.15, -0.1) is 0 Å². The Kier molecular flexibility index (Phi) is 1.68. The zero-order chi connectivity index (χ0) is 6.69. The van der Waals surface area contributed by atoms with Crippen molar-refractivity contribution < 1.29 is 4.79 Å². The molecule has 1 aliphatic heterocycles. The van der Waals surface area contributed by atoms with Gasteiger partial charge >= 0.3 is 0 Å². The predicted molar refractivity (Wildman–Crippen MR) is 35.7 cm³/mol. The number of hydrogen-bond donors (Lipinski definition) is 0. The van der Waals surface area contributed by atoms with Crippen LogP contribution in [0.1, 0.15) is 6.42 Å². The lowest BCUT2D eigenvalue weighted by Gasteiger charge is -2.19. The summed E-state index contributed by atoms with van der Waals surface area (Å²) < 4.78 is 0. The van der Waals surface area contributed by atoms with Crippen molar-refractivity contribution in [2.24, 2.45) is 0 Å². The minimum absolute atomic E-state index is 0.777. The van der Waals surface area contributed by atoms with Crippen LogP contribution in [0.2, 0.25) is 0 Å². The molecule has 0 unspecified atom stereocenters. The van der Waals surface area contributed by atoms with Crippen LogP contribution < -0.4 is 0 Å². The molecule has 1 aliphatic rings. The molecule has 0 radical (unpaired) electrons. The third kappa shape index (κ3) is 1.19. The van der Waals surface area contributed by atoms with Crippen LogP contribution in [0.25, 0.3) is 0 Å². The lowest BCUT2D eigenvalue weighted by molar-refractivity contribution is -0.116. The normalized spacial score (nSPS) is 18.2. The fraction of sp³-hybridized carbons (Fsp3) is 0.286. The summed E-state index contributed by atoms with van der Waals surface area (Å²) in [7, 11) is 0. The molecule has 2 nitrogen and oxygen atoms in total.